The summed E-state index contributed by atoms with van der Waals surface area (Å²) in [4.78, 5) is 0. The lowest BCUT2D eigenvalue weighted by Crippen LogP contribution is -2.23. The monoisotopic (exact) mass is 552 g/mol. The third kappa shape index (κ3) is 5.43. The summed E-state index contributed by atoms with van der Waals surface area (Å²) < 4.78 is 106. The van der Waals surface area contributed by atoms with Crippen molar-refractivity contribution in [3.63, 3.8) is 0 Å². The van der Waals surface area contributed by atoms with E-state index in [4.69, 9.17) is 4.74 Å². The Bertz CT molecular complexity index is 1670. The zero-order valence-electron chi connectivity index (χ0n) is 20.8. The molecule has 0 fully saturated rings. The quantitative estimate of drug-likeness (QED) is 0.191. The van der Waals surface area contributed by atoms with Gasteiger partial charge >= 0.3 is 6.11 Å². The fourth-order valence-electron chi connectivity index (χ4n) is 4.32. The molecule has 0 amide bonds. The molecule has 5 aromatic carbocycles. The molecular weight excluding hydrogens is 533 g/mol. The maximum absolute atomic E-state index is 15.1. The maximum Gasteiger partial charge on any atom is 0.429 e. The molecule has 0 bridgehead atoms. The van der Waals surface area contributed by atoms with E-state index in [1.165, 1.54) is 54.6 Å². The molecule has 8 heteroatoms. The van der Waals surface area contributed by atoms with Crippen molar-refractivity contribution in [2.45, 2.75) is 13.0 Å². The number of benzene rings is 5. The van der Waals surface area contributed by atoms with Crippen LogP contribution < -0.4 is 4.74 Å². The predicted molar refractivity (Wildman–Crippen MR) is 138 cm³/mol. The van der Waals surface area contributed by atoms with Gasteiger partial charge < -0.3 is 4.74 Å². The molecule has 0 aliphatic heterocycles. The first-order chi connectivity index (χ1) is 19.0. The van der Waals surface area contributed by atoms with Crippen LogP contribution in [0, 0.1) is 36.0 Å². The van der Waals surface area contributed by atoms with Crippen molar-refractivity contribution in [3.8, 4) is 39.1 Å². The summed E-state index contributed by atoms with van der Waals surface area (Å²) in [6.45, 7) is 1.57. The van der Waals surface area contributed by atoms with Crippen LogP contribution in [0.3, 0.4) is 0 Å². The van der Waals surface area contributed by atoms with E-state index < -0.39 is 40.8 Å². The van der Waals surface area contributed by atoms with Gasteiger partial charge in [-0.25, -0.2) is 22.0 Å². The molecule has 5 aromatic rings. The van der Waals surface area contributed by atoms with Crippen LogP contribution in [0.15, 0.2) is 97.1 Å². The molecule has 0 aromatic heterocycles. The van der Waals surface area contributed by atoms with E-state index in [1.807, 2.05) is 0 Å². The first-order valence-electron chi connectivity index (χ1n) is 12.0. The van der Waals surface area contributed by atoms with Crippen LogP contribution in [0.2, 0.25) is 0 Å². The number of rotatable bonds is 6. The Morgan fingerprint density at radius 3 is 1.70 bits per heavy atom. The van der Waals surface area contributed by atoms with Crippen LogP contribution in [0.4, 0.5) is 30.7 Å². The summed E-state index contributed by atoms with van der Waals surface area (Å²) in [5, 5.41) is 0. The predicted octanol–water partition coefficient (Wildman–Crippen LogP) is 9.82. The van der Waals surface area contributed by atoms with Gasteiger partial charge in [0.2, 0.25) is 0 Å². The zero-order valence-corrected chi connectivity index (χ0v) is 20.8. The molecular formula is C32H19F7O. The molecule has 0 saturated carbocycles. The standard InChI is InChI=1S/C32H19F7O/c1-18-2-13-26(28(35)14-18)32(38,39)40-24-10-5-19(6-11-24)21-7-12-25(27(34)15-21)22-16-29(36)31(30(37)17-22)20-3-8-23(33)9-4-20/h2-17H,1H3. The molecule has 0 radical (unpaired) electrons. The van der Waals surface area contributed by atoms with Gasteiger partial charge in [-0.1, -0.05) is 42.5 Å². The number of aryl methyl sites for hydroxylation is 1. The topological polar surface area (TPSA) is 9.23 Å². The van der Waals surface area contributed by atoms with Crippen molar-refractivity contribution in [2.75, 3.05) is 0 Å². The molecule has 40 heavy (non-hydrogen) atoms. The Labute approximate surface area is 225 Å². The Balaban J connectivity index is 1.37. The molecule has 0 aliphatic carbocycles. The Kier molecular flexibility index (Phi) is 7.10. The lowest BCUT2D eigenvalue weighted by atomic mass is 9.96. The van der Waals surface area contributed by atoms with E-state index >= 15 is 4.39 Å². The average molecular weight is 552 g/mol. The first kappa shape index (κ1) is 27.0. The van der Waals surface area contributed by atoms with Gasteiger partial charge in [0.25, 0.3) is 0 Å². The maximum atomic E-state index is 15.1. The molecule has 1 nitrogen and oxygen atoms in total. The SMILES string of the molecule is Cc1ccc(C(F)(F)Oc2ccc(-c3ccc(-c4cc(F)c(-c5ccc(F)cc5)c(F)c4)c(F)c3)cc2)c(F)c1. The summed E-state index contributed by atoms with van der Waals surface area (Å²) in [7, 11) is 0. The smallest absolute Gasteiger partial charge is 0.429 e. The van der Waals surface area contributed by atoms with Gasteiger partial charge in [0.15, 0.2) is 0 Å². The normalized spacial score (nSPS) is 11.5. The molecule has 5 rings (SSSR count). The van der Waals surface area contributed by atoms with Gasteiger partial charge in [-0.05, 0) is 89.3 Å². The van der Waals surface area contributed by atoms with E-state index in [0.29, 0.717) is 16.7 Å². The van der Waals surface area contributed by atoms with Crippen LogP contribution in [0.5, 0.6) is 5.75 Å². The highest BCUT2D eigenvalue weighted by molar-refractivity contribution is 5.74. The highest BCUT2D eigenvalue weighted by Gasteiger charge is 2.37. The fourth-order valence-corrected chi connectivity index (χ4v) is 4.32. The van der Waals surface area contributed by atoms with Crippen molar-refractivity contribution < 1.29 is 35.5 Å². The molecule has 0 heterocycles. The Morgan fingerprint density at radius 2 is 1.10 bits per heavy atom. The van der Waals surface area contributed by atoms with Gasteiger partial charge in [0.1, 0.15) is 34.8 Å². The summed E-state index contributed by atoms with van der Waals surface area (Å²) in [5.41, 5.74) is 0.0629. The minimum Gasteiger partial charge on any atom is -0.429 e. The highest BCUT2D eigenvalue weighted by atomic mass is 19.3. The van der Waals surface area contributed by atoms with Crippen LogP contribution >= 0.6 is 0 Å². The third-order valence-electron chi connectivity index (χ3n) is 6.33. The molecule has 0 unspecified atom stereocenters. The van der Waals surface area contributed by atoms with Gasteiger partial charge in [-0.15, -0.1) is 0 Å². The second kappa shape index (κ2) is 10.5. The Hall–Kier alpha value is -4.59. The van der Waals surface area contributed by atoms with E-state index in [0.717, 1.165) is 42.5 Å². The molecule has 0 aliphatic rings. The van der Waals surface area contributed by atoms with Crippen LogP contribution in [-0.4, -0.2) is 0 Å². The van der Waals surface area contributed by atoms with Crippen molar-refractivity contribution >= 4 is 0 Å². The highest BCUT2D eigenvalue weighted by Crippen LogP contribution is 2.36. The molecule has 0 spiro atoms. The summed E-state index contributed by atoms with van der Waals surface area (Å²) in [6, 6.07) is 19.2. The number of ether oxygens (including phenoxy) is 1. The lowest BCUT2D eigenvalue weighted by molar-refractivity contribution is -0.187. The molecule has 0 atom stereocenters. The number of alkyl halides is 2. The fraction of sp³-hybridized carbons (Fsp3) is 0.0625. The zero-order chi connectivity index (χ0) is 28.6. The van der Waals surface area contributed by atoms with Crippen molar-refractivity contribution in [3.05, 3.63) is 137 Å². The number of hydrogen-bond donors (Lipinski definition) is 0. The van der Waals surface area contributed by atoms with Gasteiger partial charge in [0, 0.05) is 5.56 Å². The number of halogens is 7. The largest absolute Gasteiger partial charge is 0.429 e. The second-order valence-electron chi connectivity index (χ2n) is 9.14. The van der Waals surface area contributed by atoms with Crippen LogP contribution in [0.1, 0.15) is 11.1 Å². The van der Waals surface area contributed by atoms with E-state index in [2.05, 4.69) is 0 Å². The lowest BCUT2D eigenvalue weighted by Gasteiger charge is -2.19. The minimum atomic E-state index is -3.93. The molecule has 0 N–H and O–H groups in total. The van der Waals surface area contributed by atoms with Crippen molar-refractivity contribution in [2.24, 2.45) is 0 Å². The molecule has 202 valence electrons. The average Bonchev–Trinajstić information content (AvgIpc) is 2.89. The van der Waals surface area contributed by atoms with E-state index in [1.54, 1.807) is 6.92 Å². The molecule has 0 saturated heterocycles. The van der Waals surface area contributed by atoms with Gasteiger partial charge in [-0.3, -0.25) is 0 Å². The first-order valence-corrected chi connectivity index (χ1v) is 12.0. The summed E-state index contributed by atoms with van der Waals surface area (Å²) in [6.07, 6.45) is -3.93. The summed E-state index contributed by atoms with van der Waals surface area (Å²) in [5.74, 6) is -4.54. The van der Waals surface area contributed by atoms with Crippen molar-refractivity contribution in [1.29, 1.82) is 0 Å². The Morgan fingerprint density at radius 1 is 0.525 bits per heavy atom. The van der Waals surface area contributed by atoms with Crippen LogP contribution in [0.25, 0.3) is 33.4 Å². The van der Waals surface area contributed by atoms with E-state index in [-0.39, 0.29) is 28.0 Å². The van der Waals surface area contributed by atoms with Crippen molar-refractivity contribution in [1.82, 2.24) is 0 Å². The van der Waals surface area contributed by atoms with Gasteiger partial charge in [0.05, 0.1) is 11.1 Å². The number of hydrogen-bond acceptors (Lipinski definition) is 1. The second-order valence-corrected chi connectivity index (χ2v) is 9.14. The van der Waals surface area contributed by atoms with Crippen LogP contribution in [-0.2, 0) is 6.11 Å². The minimum absolute atomic E-state index is 0.0424. The van der Waals surface area contributed by atoms with E-state index in [9.17, 15) is 26.3 Å². The third-order valence-corrected chi connectivity index (χ3v) is 6.33. The van der Waals surface area contributed by atoms with Gasteiger partial charge in [-0.2, -0.15) is 8.78 Å². The summed E-state index contributed by atoms with van der Waals surface area (Å²) >= 11 is 0.